The fraction of sp³-hybridized carbons (Fsp3) is 0.333. The summed E-state index contributed by atoms with van der Waals surface area (Å²) in [5, 5.41) is 11.1. The molecule has 0 saturated carbocycles. The van der Waals surface area contributed by atoms with Crippen molar-refractivity contribution in [3.8, 4) is 5.69 Å². The number of aromatic nitrogens is 2. The number of rotatable bonds is 4. The van der Waals surface area contributed by atoms with Gasteiger partial charge in [-0.2, -0.15) is 5.10 Å². The fourth-order valence-corrected chi connectivity index (χ4v) is 2.75. The van der Waals surface area contributed by atoms with Crippen LogP contribution in [0, 0.1) is 6.92 Å². The molecule has 6 heteroatoms. The lowest BCUT2D eigenvalue weighted by atomic mass is 10.1. The lowest BCUT2D eigenvalue weighted by Crippen LogP contribution is -2.28. The Morgan fingerprint density at radius 1 is 1.48 bits per heavy atom. The molecule has 21 heavy (non-hydrogen) atoms. The van der Waals surface area contributed by atoms with Gasteiger partial charge in [-0.1, -0.05) is 18.5 Å². The Balaban J connectivity index is 1.99. The van der Waals surface area contributed by atoms with E-state index in [4.69, 9.17) is 11.6 Å². The highest BCUT2D eigenvalue weighted by Gasteiger charge is 2.31. The van der Waals surface area contributed by atoms with E-state index in [1.54, 1.807) is 4.68 Å². The molecule has 0 saturated heterocycles. The van der Waals surface area contributed by atoms with Gasteiger partial charge in [-0.3, -0.25) is 4.79 Å². The summed E-state index contributed by atoms with van der Waals surface area (Å²) >= 11 is 6.37. The summed E-state index contributed by atoms with van der Waals surface area (Å²) in [5.41, 5.74) is 3.37. The average Bonchev–Trinajstić information content (AvgIpc) is 2.99. The van der Waals surface area contributed by atoms with Gasteiger partial charge >= 0.3 is 0 Å². The number of hydrogen-bond acceptors (Lipinski definition) is 3. The van der Waals surface area contributed by atoms with E-state index in [0.717, 1.165) is 35.6 Å². The first-order chi connectivity index (χ1) is 10.1. The molecule has 1 aliphatic rings. The van der Waals surface area contributed by atoms with Gasteiger partial charge in [-0.05, 0) is 38.1 Å². The number of hydrogen-bond donors (Lipinski definition) is 2. The maximum Gasteiger partial charge on any atom is 0.246 e. The number of nitrogens with zero attached hydrogens (tertiary/aromatic N) is 2. The van der Waals surface area contributed by atoms with E-state index in [2.05, 4.69) is 22.7 Å². The molecule has 0 radical (unpaired) electrons. The van der Waals surface area contributed by atoms with Crippen LogP contribution in [0.25, 0.3) is 5.69 Å². The predicted octanol–water partition coefficient (Wildman–Crippen LogP) is 2.83. The number of nitrogens with one attached hydrogen (secondary N) is 2. The molecule has 110 valence electrons. The third kappa shape index (κ3) is 2.54. The van der Waals surface area contributed by atoms with Crippen LogP contribution in [0.1, 0.15) is 30.6 Å². The van der Waals surface area contributed by atoms with Crippen LogP contribution in [0.15, 0.2) is 24.4 Å². The molecule has 0 aliphatic carbocycles. The number of anilines is 1. The van der Waals surface area contributed by atoms with Crippen molar-refractivity contribution in [2.75, 3.05) is 11.9 Å². The zero-order chi connectivity index (χ0) is 15.0. The molecule has 0 spiro atoms. The van der Waals surface area contributed by atoms with Crippen molar-refractivity contribution in [2.24, 2.45) is 0 Å². The van der Waals surface area contributed by atoms with Crippen LogP contribution >= 0.6 is 11.6 Å². The van der Waals surface area contributed by atoms with Crippen LogP contribution in [-0.4, -0.2) is 22.2 Å². The molecule has 1 aromatic carbocycles. The van der Waals surface area contributed by atoms with Crippen molar-refractivity contribution in [3.05, 3.63) is 40.7 Å². The third-order valence-corrected chi connectivity index (χ3v) is 3.82. The molecule has 1 unspecified atom stereocenters. The summed E-state index contributed by atoms with van der Waals surface area (Å²) in [6.45, 7) is 4.77. The van der Waals surface area contributed by atoms with Crippen molar-refractivity contribution in [3.63, 3.8) is 0 Å². The zero-order valence-electron chi connectivity index (χ0n) is 12.0. The monoisotopic (exact) mass is 304 g/mol. The van der Waals surface area contributed by atoms with Crippen molar-refractivity contribution < 1.29 is 4.79 Å². The molecule has 0 bridgehead atoms. The molecule has 3 rings (SSSR count). The van der Waals surface area contributed by atoms with Crippen LogP contribution < -0.4 is 10.6 Å². The Kier molecular flexibility index (Phi) is 3.69. The standard InChI is InChI=1S/C15H17ClN4O/c1-3-5-17-14-10-7-11(16)13(8-12(10)18-15(14)21)20-6-4-9(2)19-20/h4,6-8,14,17H,3,5H2,1-2H3,(H,18,21). The lowest BCUT2D eigenvalue weighted by molar-refractivity contribution is -0.117. The molecule has 2 aromatic rings. The van der Waals surface area contributed by atoms with Gasteiger partial charge in [0.25, 0.3) is 0 Å². The van der Waals surface area contributed by atoms with Crippen LogP contribution in [0.5, 0.6) is 0 Å². The van der Waals surface area contributed by atoms with E-state index in [-0.39, 0.29) is 11.9 Å². The topological polar surface area (TPSA) is 59.0 Å². The summed E-state index contributed by atoms with van der Waals surface area (Å²) in [4.78, 5) is 12.1. The smallest absolute Gasteiger partial charge is 0.246 e. The number of aryl methyl sites for hydroxylation is 1. The molecule has 0 fully saturated rings. The molecular formula is C15H17ClN4O. The van der Waals surface area contributed by atoms with Crippen LogP contribution in [0.3, 0.4) is 0 Å². The fourth-order valence-electron chi connectivity index (χ4n) is 2.49. The Morgan fingerprint density at radius 2 is 2.29 bits per heavy atom. The second-order valence-corrected chi connectivity index (χ2v) is 5.58. The van der Waals surface area contributed by atoms with Gasteiger partial charge in [0.2, 0.25) is 5.91 Å². The van der Waals surface area contributed by atoms with E-state index in [9.17, 15) is 4.79 Å². The van der Waals surface area contributed by atoms with Gasteiger partial charge in [0.15, 0.2) is 0 Å². The second kappa shape index (κ2) is 5.50. The molecular weight excluding hydrogens is 288 g/mol. The van der Waals surface area contributed by atoms with Gasteiger partial charge in [0, 0.05) is 17.4 Å². The molecule has 5 nitrogen and oxygen atoms in total. The molecule has 1 amide bonds. The third-order valence-electron chi connectivity index (χ3n) is 3.52. The van der Waals surface area contributed by atoms with E-state index < -0.39 is 0 Å². The Labute approximate surface area is 128 Å². The van der Waals surface area contributed by atoms with Crippen LogP contribution in [0.4, 0.5) is 5.69 Å². The number of carbonyl (C=O) groups excluding carboxylic acids is 1. The van der Waals surface area contributed by atoms with Crippen LogP contribution in [-0.2, 0) is 4.79 Å². The minimum absolute atomic E-state index is 0.0386. The number of carbonyl (C=O) groups is 1. The van der Waals surface area contributed by atoms with Crippen molar-refractivity contribution in [2.45, 2.75) is 26.3 Å². The minimum Gasteiger partial charge on any atom is -0.324 e. The first-order valence-electron chi connectivity index (χ1n) is 7.00. The minimum atomic E-state index is -0.328. The molecule has 2 N–H and O–H groups in total. The van der Waals surface area contributed by atoms with E-state index in [0.29, 0.717) is 5.02 Å². The van der Waals surface area contributed by atoms with E-state index in [1.807, 2.05) is 31.3 Å². The number of fused-ring (bicyclic) bond motifs is 1. The van der Waals surface area contributed by atoms with Gasteiger partial charge in [-0.25, -0.2) is 4.68 Å². The first-order valence-corrected chi connectivity index (χ1v) is 7.38. The highest BCUT2D eigenvalue weighted by Crippen LogP contribution is 2.36. The quantitative estimate of drug-likeness (QED) is 0.913. The SMILES string of the molecule is CCCNC1C(=O)Nc2cc(-n3ccc(C)n3)c(Cl)cc21. The Morgan fingerprint density at radius 3 is 2.95 bits per heavy atom. The van der Waals surface area contributed by atoms with Gasteiger partial charge < -0.3 is 10.6 Å². The maximum atomic E-state index is 12.1. The summed E-state index contributed by atoms with van der Waals surface area (Å²) < 4.78 is 1.72. The van der Waals surface area contributed by atoms with Crippen molar-refractivity contribution in [1.82, 2.24) is 15.1 Å². The molecule has 2 heterocycles. The van der Waals surface area contributed by atoms with Gasteiger partial charge in [0.1, 0.15) is 6.04 Å². The predicted molar refractivity (Wildman–Crippen MR) is 83.0 cm³/mol. The number of benzene rings is 1. The maximum absolute atomic E-state index is 12.1. The molecule has 1 atom stereocenters. The zero-order valence-corrected chi connectivity index (χ0v) is 12.7. The van der Waals surface area contributed by atoms with Crippen molar-refractivity contribution in [1.29, 1.82) is 0 Å². The van der Waals surface area contributed by atoms with E-state index in [1.165, 1.54) is 0 Å². The van der Waals surface area contributed by atoms with Gasteiger partial charge in [0.05, 0.1) is 16.4 Å². The summed E-state index contributed by atoms with van der Waals surface area (Å²) in [6, 6.07) is 5.29. The average molecular weight is 305 g/mol. The van der Waals surface area contributed by atoms with E-state index >= 15 is 0 Å². The molecule has 1 aromatic heterocycles. The normalized spacial score (nSPS) is 16.9. The number of amides is 1. The number of halogens is 1. The first kappa shape index (κ1) is 14.1. The summed E-state index contributed by atoms with van der Waals surface area (Å²) in [6.07, 6.45) is 2.82. The largest absolute Gasteiger partial charge is 0.324 e. The highest BCUT2D eigenvalue weighted by atomic mass is 35.5. The Hall–Kier alpha value is -1.85. The van der Waals surface area contributed by atoms with Crippen LogP contribution in [0.2, 0.25) is 5.02 Å². The second-order valence-electron chi connectivity index (χ2n) is 5.17. The van der Waals surface area contributed by atoms with Crippen molar-refractivity contribution >= 4 is 23.2 Å². The summed E-state index contributed by atoms with van der Waals surface area (Å²) in [7, 11) is 0. The molecule has 1 aliphatic heterocycles. The summed E-state index contributed by atoms with van der Waals surface area (Å²) in [5.74, 6) is -0.0386. The lowest BCUT2D eigenvalue weighted by Gasteiger charge is -2.12. The highest BCUT2D eigenvalue weighted by molar-refractivity contribution is 6.32. The Bertz CT molecular complexity index is 695. The van der Waals surface area contributed by atoms with Gasteiger partial charge in [-0.15, -0.1) is 0 Å².